The number of alkyl halides is 4. The highest BCUT2D eigenvalue weighted by molar-refractivity contribution is 9.10. The zero-order chi connectivity index (χ0) is 14.8. The van der Waals surface area contributed by atoms with Crippen LogP contribution in [0, 0.1) is 10.1 Å². The van der Waals surface area contributed by atoms with Crippen molar-refractivity contribution in [3.8, 4) is 5.75 Å². The molecule has 19 heavy (non-hydrogen) atoms. The number of ether oxygens (including phenoxy) is 1. The van der Waals surface area contributed by atoms with E-state index < -0.39 is 38.9 Å². The third-order valence-corrected chi connectivity index (χ3v) is 2.45. The molecule has 1 aromatic carbocycles. The number of benzene rings is 1. The van der Waals surface area contributed by atoms with E-state index in [0.717, 1.165) is 18.2 Å². The van der Waals surface area contributed by atoms with Crippen molar-refractivity contribution in [2.75, 3.05) is 0 Å². The summed E-state index contributed by atoms with van der Waals surface area (Å²) in [6.45, 7) is 1.39. The molecule has 0 aliphatic heterocycles. The molecule has 1 atom stereocenters. The molecule has 0 N–H and O–H groups in total. The summed E-state index contributed by atoms with van der Waals surface area (Å²) in [7, 11) is 0. The van der Waals surface area contributed by atoms with Crippen LogP contribution in [0.3, 0.4) is 0 Å². The van der Waals surface area contributed by atoms with Gasteiger partial charge in [0.05, 0.1) is 15.3 Å². The highest BCUT2D eigenvalue weighted by Gasteiger charge is 2.37. The maximum absolute atomic E-state index is 12.3. The number of rotatable bonds is 4. The normalized spacial score (nSPS) is 12.9. The second kappa shape index (κ2) is 5.55. The molecule has 0 aliphatic carbocycles. The molecule has 0 amide bonds. The predicted octanol–water partition coefficient (Wildman–Crippen LogP) is 3.46. The highest BCUT2D eigenvalue weighted by Crippen LogP contribution is 2.36. The van der Waals surface area contributed by atoms with Crippen LogP contribution in [0.15, 0.2) is 18.2 Å². The Hall–Kier alpha value is -1.64. The summed E-state index contributed by atoms with van der Waals surface area (Å²) in [5.41, 5.74) is -1.42. The number of ketones is 1. The maximum Gasteiger partial charge on any atom is 0.573 e. The van der Waals surface area contributed by atoms with E-state index in [4.69, 9.17) is 0 Å². The van der Waals surface area contributed by atoms with Crippen molar-refractivity contribution in [1.29, 1.82) is 0 Å². The van der Waals surface area contributed by atoms with E-state index in [-0.39, 0.29) is 0 Å². The van der Waals surface area contributed by atoms with E-state index in [1.54, 1.807) is 0 Å². The van der Waals surface area contributed by atoms with Crippen molar-refractivity contribution < 1.29 is 27.6 Å². The van der Waals surface area contributed by atoms with Gasteiger partial charge in [-0.3, -0.25) is 14.9 Å². The molecule has 1 rings (SSSR count). The van der Waals surface area contributed by atoms with Crippen LogP contribution in [0.4, 0.5) is 18.9 Å². The number of nitro groups is 1. The van der Waals surface area contributed by atoms with Gasteiger partial charge in [-0.1, -0.05) is 22.0 Å². The van der Waals surface area contributed by atoms with Crippen LogP contribution >= 0.6 is 15.9 Å². The van der Waals surface area contributed by atoms with Gasteiger partial charge in [-0.2, -0.15) is 0 Å². The van der Waals surface area contributed by atoms with Gasteiger partial charge in [-0.05, 0) is 13.0 Å². The Morgan fingerprint density at radius 1 is 1.47 bits per heavy atom. The van der Waals surface area contributed by atoms with Crippen LogP contribution in [0.5, 0.6) is 5.75 Å². The third-order valence-electron chi connectivity index (χ3n) is 2.04. The lowest BCUT2D eigenvalue weighted by molar-refractivity contribution is -0.388. The van der Waals surface area contributed by atoms with Crippen LogP contribution in [0.2, 0.25) is 0 Å². The number of hydrogen-bond acceptors (Lipinski definition) is 4. The highest BCUT2D eigenvalue weighted by atomic mass is 79.9. The lowest BCUT2D eigenvalue weighted by Crippen LogP contribution is -2.21. The first-order chi connectivity index (χ1) is 8.63. The lowest BCUT2D eigenvalue weighted by Gasteiger charge is -2.13. The first kappa shape index (κ1) is 15.4. The molecule has 0 fully saturated rings. The van der Waals surface area contributed by atoms with E-state index in [1.807, 2.05) is 0 Å². The Morgan fingerprint density at radius 3 is 2.47 bits per heavy atom. The van der Waals surface area contributed by atoms with Gasteiger partial charge < -0.3 is 4.74 Å². The van der Waals surface area contributed by atoms with Crippen molar-refractivity contribution in [1.82, 2.24) is 0 Å². The van der Waals surface area contributed by atoms with Crippen molar-refractivity contribution in [3.63, 3.8) is 0 Å². The molecule has 0 spiro atoms. The molecule has 9 heteroatoms. The summed E-state index contributed by atoms with van der Waals surface area (Å²) in [6.07, 6.45) is -5.13. The molecule has 5 nitrogen and oxygen atoms in total. The summed E-state index contributed by atoms with van der Waals surface area (Å²) in [4.78, 5) is 20.6. The molecule has 0 saturated carbocycles. The summed E-state index contributed by atoms with van der Waals surface area (Å²) in [5, 5.41) is 10.7. The number of halogens is 4. The Morgan fingerprint density at radius 2 is 2.05 bits per heavy atom. The van der Waals surface area contributed by atoms with E-state index in [9.17, 15) is 28.1 Å². The maximum atomic E-state index is 12.3. The molecule has 0 heterocycles. The molecule has 1 unspecified atom stereocenters. The molecule has 1 aromatic rings. The van der Waals surface area contributed by atoms with Gasteiger partial charge >= 0.3 is 12.0 Å². The van der Waals surface area contributed by atoms with E-state index in [2.05, 4.69) is 20.7 Å². The van der Waals surface area contributed by atoms with Gasteiger partial charge in [-0.15, -0.1) is 13.2 Å². The van der Waals surface area contributed by atoms with Crippen LogP contribution in [-0.2, 0) is 0 Å². The van der Waals surface area contributed by atoms with Crippen molar-refractivity contribution in [2.24, 2.45) is 0 Å². The smallest absolute Gasteiger partial charge is 0.398 e. The largest absolute Gasteiger partial charge is 0.573 e. The van der Waals surface area contributed by atoms with Crippen molar-refractivity contribution in [2.45, 2.75) is 18.1 Å². The average molecular weight is 342 g/mol. The molecule has 104 valence electrons. The van der Waals surface area contributed by atoms with E-state index in [1.165, 1.54) is 6.92 Å². The fourth-order valence-electron chi connectivity index (χ4n) is 1.30. The van der Waals surface area contributed by atoms with E-state index >= 15 is 0 Å². The zero-order valence-electron chi connectivity index (χ0n) is 9.40. The fraction of sp³-hybridized carbons (Fsp3) is 0.300. The van der Waals surface area contributed by atoms with Gasteiger partial charge in [-0.25, -0.2) is 0 Å². The number of para-hydroxylation sites is 1. The molecule has 0 saturated heterocycles. The van der Waals surface area contributed by atoms with Gasteiger partial charge in [0, 0.05) is 6.07 Å². The van der Waals surface area contributed by atoms with E-state index in [0.29, 0.717) is 0 Å². The summed E-state index contributed by atoms with van der Waals surface area (Å²) in [5.74, 6) is -1.85. The predicted molar refractivity (Wildman–Crippen MR) is 62.5 cm³/mol. The minimum absolute atomic E-state index is 0.504. The van der Waals surface area contributed by atoms with Crippen molar-refractivity contribution in [3.05, 3.63) is 33.9 Å². The molecular weight excluding hydrogens is 335 g/mol. The van der Waals surface area contributed by atoms with Gasteiger partial charge in [0.1, 0.15) is 0 Å². The van der Waals surface area contributed by atoms with Crippen molar-refractivity contribution >= 4 is 27.4 Å². The average Bonchev–Trinajstić information content (AvgIpc) is 2.25. The van der Waals surface area contributed by atoms with Crippen LogP contribution in [-0.4, -0.2) is 21.9 Å². The fourth-order valence-corrected chi connectivity index (χ4v) is 1.55. The Bertz CT molecular complexity index is 516. The first-order valence-corrected chi connectivity index (χ1v) is 5.76. The minimum Gasteiger partial charge on any atom is -0.398 e. The summed E-state index contributed by atoms with van der Waals surface area (Å²) in [6, 6.07) is 2.98. The summed E-state index contributed by atoms with van der Waals surface area (Å²) < 4.78 is 40.4. The Balaban J connectivity index is 3.42. The number of nitro benzene ring substituents is 1. The molecule has 0 radical (unpaired) electrons. The number of carbonyl (C=O) groups excluding carboxylic acids is 1. The first-order valence-electron chi connectivity index (χ1n) is 4.85. The zero-order valence-corrected chi connectivity index (χ0v) is 11.0. The SMILES string of the molecule is CC(Br)C(=O)c1cccc([N+](=O)[O-])c1OC(F)(F)F. The molecule has 0 bridgehead atoms. The summed E-state index contributed by atoms with van der Waals surface area (Å²) >= 11 is 2.90. The number of nitrogens with zero attached hydrogens (tertiary/aromatic N) is 1. The van der Waals surface area contributed by atoms with Crippen LogP contribution < -0.4 is 4.74 Å². The molecular formula is C10H7BrF3NO4. The minimum atomic E-state index is -5.13. The number of Topliss-reactive ketones (excluding diaryl/α,β-unsaturated/α-hetero) is 1. The Kier molecular flexibility index (Phi) is 4.51. The lowest BCUT2D eigenvalue weighted by atomic mass is 10.1. The topological polar surface area (TPSA) is 69.4 Å². The van der Waals surface area contributed by atoms with Crippen LogP contribution in [0.1, 0.15) is 17.3 Å². The standard InChI is InChI=1S/C10H7BrF3NO4/c1-5(11)8(16)6-3-2-4-7(15(17)18)9(6)19-10(12,13)14/h2-5H,1H3. The quantitative estimate of drug-likeness (QED) is 0.364. The van der Waals surface area contributed by atoms with Crippen LogP contribution in [0.25, 0.3) is 0 Å². The number of carbonyl (C=O) groups is 1. The Labute approximate surface area is 113 Å². The second-order valence-corrected chi connectivity index (χ2v) is 4.81. The molecule has 0 aromatic heterocycles. The van der Waals surface area contributed by atoms with Gasteiger partial charge in [0.15, 0.2) is 5.78 Å². The number of hydrogen-bond donors (Lipinski definition) is 0. The molecule has 0 aliphatic rings. The second-order valence-electron chi connectivity index (χ2n) is 3.44. The monoisotopic (exact) mass is 341 g/mol. The third kappa shape index (κ3) is 3.91. The van der Waals surface area contributed by atoms with Gasteiger partial charge in [0.2, 0.25) is 5.75 Å². The van der Waals surface area contributed by atoms with Gasteiger partial charge in [0.25, 0.3) is 0 Å².